The molecule has 0 aliphatic heterocycles. The van der Waals surface area contributed by atoms with Crippen molar-refractivity contribution in [3.05, 3.63) is 10.6 Å². The zero-order valence-electron chi connectivity index (χ0n) is 9.90. The fourth-order valence-corrected chi connectivity index (χ4v) is 2.85. The third-order valence-electron chi connectivity index (χ3n) is 1.81. The van der Waals surface area contributed by atoms with E-state index in [1.807, 2.05) is 6.92 Å². The van der Waals surface area contributed by atoms with Crippen LogP contribution in [0.5, 0.6) is 0 Å². The van der Waals surface area contributed by atoms with Gasteiger partial charge in [0.15, 0.2) is 5.13 Å². The Bertz CT molecular complexity index is 508. The molecule has 1 aromatic heterocycles. The number of aromatic nitrogens is 1. The molecule has 0 spiro atoms. The van der Waals surface area contributed by atoms with E-state index in [2.05, 4.69) is 15.0 Å². The average molecular weight is 277 g/mol. The van der Waals surface area contributed by atoms with Crippen LogP contribution in [-0.2, 0) is 10.0 Å². The molecule has 0 aromatic carbocycles. The van der Waals surface area contributed by atoms with E-state index >= 15 is 0 Å². The largest absolute Gasteiger partial charge is 0.351 e. The summed E-state index contributed by atoms with van der Waals surface area (Å²) >= 11 is 1.03. The van der Waals surface area contributed by atoms with Crippen LogP contribution in [0.25, 0.3) is 0 Å². The van der Waals surface area contributed by atoms with E-state index in [0.29, 0.717) is 17.1 Å². The van der Waals surface area contributed by atoms with Crippen molar-refractivity contribution in [1.82, 2.24) is 10.3 Å². The molecule has 0 saturated heterocycles. The van der Waals surface area contributed by atoms with E-state index in [1.165, 1.54) is 0 Å². The minimum atomic E-state index is -3.36. The van der Waals surface area contributed by atoms with Gasteiger partial charge in [-0.05, 0) is 13.3 Å². The van der Waals surface area contributed by atoms with Gasteiger partial charge in [0.2, 0.25) is 10.0 Å². The van der Waals surface area contributed by atoms with Crippen molar-refractivity contribution >= 4 is 32.4 Å². The van der Waals surface area contributed by atoms with Gasteiger partial charge in [0.05, 0.1) is 11.9 Å². The van der Waals surface area contributed by atoms with Gasteiger partial charge >= 0.3 is 0 Å². The van der Waals surface area contributed by atoms with Gasteiger partial charge in [-0.3, -0.25) is 9.52 Å². The molecular formula is C9H15N3O3S2. The lowest BCUT2D eigenvalue weighted by molar-refractivity contribution is 0.0957. The van der Waals surface area contributed by atoms with Crippen molar-refractivity contribution in [1.29, 1.82) is 0 Å². The summed E-state index contributed by atoms with van der Waals surface area (Å²) in [5.74, 6) is -0.219. The normalized spacial score (nSPS) is 11.2. The first-order chi connectivity index (χ1) is 7.83. The first-order valence-corrected chi connectivity index (χ1v) is 7.77. The van der Waals surface area contributed by atoms with Gasteiger partial charge in [0.1, 0.15) is 4.88 Å². The third-order valence-corrected chi connectivity index (χ3v) is 3.58. The molecule has 2 N–H and O–H groups in total. The molecule has 1 rings (SSSR count). The third kappa shape index (κ3) is 4.31. The van der Waals surface area contributed by atoms with Crippen molar-refractivity contribution in [2.75, 3.05) is 17.5 Å². The summed E-state index contributed by atoms with van der Waals surface area (Å²) in [6.45, 7) is 4.21. The lowest BCUT2D eigenvalue weighted by Crippen LogP contribution is -2.23. The van der Waals surface area contributed by atoms with Crippen LogP contribution < -0.4 is 10.0 Å². The lowest BCUT2D eigenvalue weighted by atomic mass is 10.3. The van der Waals surface area contributed by atoms with Crippen molar-refractivity contribution < 1.29 is 13.2 Å². The second kappa shape index (κ2) is 5.46. The Labute approximate surface area is 105 Å². The molecule has 0 aliphatic carbocycles. The first-order valence-electron chi connectivity index (χ1n) is 5.07. The van der Waals surface area contributed by atoms with Crippen LogP contribution in [0.2, 0.25) is 0 Å². The van der Waals surface area contributed by atoms with Crippen molar-refractivity contribution in [2.45, 2.75) is 20.3 Å². The number of amides is 1. The number of nitrogens with one attached hydrogen (secondary N) is 2. The molecule has 1 amide bonds. The molecular weight excluding hydrogens is 262 g/mol. The number of hydrogen-bond acceptors (Lipinski definition) is 5. The SMILES string of the molecule is CCCNC(=O)c1sc(NS(C)(=O)=O)nc1C. The van der Waals surface area contributed by atoms with Crippen LogP contribution in [0.1, 0.15) is 28.7 Å². The van der Waals surface area contributed by atoms with E-state index in [9.17, 15) is 13.2 Å². The van der Waals surface area contributed by atoms with Gasteiger partial charge in [-0.1, -0.05) is 18.3 Å². The Balaban J connectivity index is 2.85. The Hall–Kier alpha value is -1.15. The van der Waals surface area contributed by atoms with Gasteiger partial charge < -0.3 is 5.32 Å². The molecule has 6 nitrogen and oxygen atoms in total. The zero-order chi connectivity index (χ0) is 13.1. The minimum absolute atomic E-state index is 0.214. The predicted octanol–water partition coefficient (Wildman–Crippen LogP) is 0.963. The standard InChI is InChI=1S/C9H15N3O3S2/c1-4-5-10-8(13)7-6(2)11-9(16-7)12-17(3,14)15/h4-5H2,1-3H3,(H,10,13)(H,11,12). The number of carbonyl (C=O) groups is 1. The molecule has 0 saturated carbocycles. The lowest BCUT2D eigenvalue weighted by Gasteiger charge is -2.00. The Morgan fingerprint density at radius 1 is 1.47 bits per heavy atom. The molecule has 0 unspecified atom stereocenters. The fraction of sp³-hybridized carbons (Fsp3) is 0.556. The van der Waals surface area contributed by atoms with Gasteiger partial charge in [-0.2, -0.15) is 0 Å². The maximum atomic E-state index is 11.7. The molecule has 0 atom stereocenters. The second-order valence-corrected chi connectivity index (χ2v) is 6.31. The molecule has 8 heteroatoms. The smallest absolute Gasteiger partial charge is 0.263 e. The molecule has 0 radical (unpaired) electrons. The van der Waals surface area contributed by atoms with Crippen LogP contribution in [-0.4, -0.2) is 32.1 Å². The van der Waals surface area contributed by atoms with Gasteiger partial charge in [0, 0.05) is 6.54 Å². The molecule has 1 heterocycles. The number of nitrogens with zero attached hydrogens (tertiary/aromatic N) is 1. The first kappa shape index (κ1) is 13.9. The summed E-state index contributed by atoms with van der Waals surface area (Å²) in [4.78, 5) is 16.1. The van der Waals surface area contributed by atoms with Crippen LogP contribution in [0.3, 0.4) is 0 Å². The molecule has 0 aliphatic rings. The monoisotopic (exact) mass is 277 g/mol. The van der Waals surface area contributed by atoms with Gasteiger partial charge in [0.25, 0.3) is 5.91 Å². The molecule has 1 aromatic rings. The zero-order valence-corrected chi connectivity index (χ0v) is 11.5. The highest BCUT2D eigenvalue weighted by molar-refractivity contribution is 7.92. The molecule has 0 fully saturated rings. The summed E-state index contributed by atoms with van der Waals surface area (Å²) in [6.07, 6.45) is 1.89. The topological polar surface area (TPSA) is 88.2 Å². The van der Waals surface area contributed by atoms with Crippen LogP contribution in [0.4, 0.5) is 5.13 Å². The maximum absolute atomic E-state index is 11.7. The highest BCUT2D eigenvalue weighted by Crippen LogP contribution is 2.22. The quantitative estimate of drug-likeness (QED) is 0.839. The van der Waals surface area contributed by atoms with E-state index in [4.69, 9.17) is 0 Å². The molecule has 0 bridgehead atoms. The van der Waals surface area contributed by atoms with Crippen molar-refractivity contribution in [2.24, 2.45) is 0 Å². The number of carbonyl (C=O) groups excluding carboxylic acids is 1. The maximum Gasteiger partial charge on any atom is 0.263 e. The summed E-state index contributed by atoms with van der Waals surface area (Å²) in [5, 5.41) is 2.93. The molecule has 96 valence electrons. The molecule has 17 heavy (non-hydrogen) atoms. The van der Waals surface area contributed by atoms with Gasteiger partial charge in [-0.25, -0.2) is 13.4 Å². The summed E-state index contributed by atoms with van der Waals surface area (Å²) < 4.78 is 24.3. The van der Waals surface area contributed by atoms with Crippen molar-refractivity contribution in [3.63, 3.8) is 0 Å². The second-order valence-electron chi connectivity index (χ2n) is 3.56. The highest BCUT2D eigenvalue weighted by Gasteiger charge is 2.16. The Morgan fingerprint density at radius 2 is 2.12 bits per heavy atom. The van der Waals surface area contributed by atoms with E-state index in [1.54, 1.807) is 6.92 Å². The van der Waals surface area contributed by atoms with E-state index in [-0.39, 0.29) is 11.0 Å². The number of sulfonamides is 1. The Morgan fingerprint density at radius 3 is 2.65 bits per heavy atom. The van der Waals surface area contributed by atoms with Crippen LogP contribution in [0.15, 0.2) is 0 Å². The van der Waals surface area contributed by atoms with Crippen molar-refractivity contribution in [3.8, 4) is 0 Å². The van der Waals surface area contributed by atoms with Crippen LogP contribution >= 0.6 is 11.3 Å². The highest BCUT2D eigenvalue weighted by atomic mass is 32.2. The average Bonchev–Trinajstić information content (AvgIpc) is 2.53. The van der Waals surface area contributed by atoms with E-state index in [0.717, 1.165) is 24.0 Å². The number of rotatable bonds is 5. The number of thiazole rings is 1. The Kier molecular flexibility index (Phi) is 4.47. The van der Waals surface area contributed by atoms with Gasteiger partial charge in [-0.15, -0.1) is 0 Å². The summed E-state index contributed by atoms with van der Waals surface area (Å²) in [7, 11) is -3.36. The predicted molar refractivity (Wildman–Crippen MR) is 67.9 cm³/mol. The fourth-order valence-electron chi connectivity index (χ4n) is 1.13. The number of aryl methyl sites for hydroxylation is 1. The summed E-state index contributed by atoms with van der Waals surface area (Å²) in [6, 6.07) is 0. The summed E-state index contributed by atoms with van der Waals surface area (Å²) in [5.41, 5.74) is 0.523. The number of anilines is 1. The van der Waals surface area contributed by atoms with E-state index < -0.39 is 10.0 Å². The van der Waals surface area contributed by atoms with Crippen LogP contribution in [0, 0.1) is 6.92 Å². The minimum Gasteiger partial charge on any atom is -0.351 e. The number of hydrogen-bond donors (Lipinski definition) is 2.